The molecule has 0 radical (unpaired) electrons. The highest BCUT2D eigenvalue weighted by atomic mass is 16.5. The Kier molecular flexibility index (Phi) is 3.68. The van der Waals surface area contributed by atoms with Crippen molar-refractivity contribution in [1.82, 2.24) is 19.5 Å². The van der Waals surface area contributed by atoms with Gasteiger partial charge in [0.25, 0.3) is 0 Å². The van der Waals surface area contributed by atoms with Gasteiger partial charge in [-0.2, -0.15) is 9.97 Å². The Balaban J connectivity index is 2.07. The van der Waals surface area contributed by atoms with Crippen molar-refractivity contribution in [3.63, 3.8) is 0 Å². The number of fused-ring (bicyclic) bond motifs is 1. The molecule has 7 nitrogen and oxygen atoms in total. The minimum Gasteiger partial charge on any atom is -0.382 e. The Morgan fingerprint density at radius 2 is 1.91 bits per heavy atom. The second-order valence-corrected chi connectivity index (χ2v) is 6.87. The summed E-state index contributed by atoms with van der Waals surface area (Å²) in [4.78, 5) is 15.7. The Labute approximate surface area is 130 Å². The van der Waals surface area contributed by atoms with Crippen LogP contribution in [0.5, 0.6) is 0 Å². The van der Waals surface area contributed by atoms with Crippen molar-refractivity contribution in [2.45, 2.75) is 33.7 Å². The third-order valence-electron chi connectivity index (χ3n) is 4.40. The molecule has 1 atom stereocenters. The van der Waals surface area contributed by atoms with Crippen LogP contribution >= 0.6 is 0 Å². The fraction of sp³-hybridized carbons (Fsp3) is 0.667. The fourth-order valence-electron chi connectivity index (χ4n) is 2.53. The third kappa shape index (κ3) is 2.61. The summed E-state index contributed by atoms with van der Waals surface area (Å²) in [5.74, 6) is 1.10. The van der Waals surface area contributed by atoms with Crippen LogP contribution in [-0.4, -0.2) is 45.8 Å². The maximum atomic E-state index is 6.10. The molecule has 0 amide bonds. The SMILES string of the molecule is C[C@@H](n1cnc2c(N)nc(N3CCOCC3)nc21)C(C)(C)C. The number of hydrogen-bond acceptors (Lipinski definition) is 6. The summed E-state index contributed by atoms with van der Waals surface area (Å²) in [6.07, 6.45) is 1.81. The topological polar surface area (TPSA) is 82.1 Å². The summed E-state index contributed by atoms with van der Waals surface area (Å²) < 4.78 is 7.48. The number of anilines is 2. The second kappa shape index (κ2) is 5.39. The van der Waals surface area contributed by atoms with Gasteiger partial charge in [-0.25, -0.2) is 4.98 Å². The molecule has 0 unspecified atom stereocenters. The van der Waals surface area contributed by atoms with Gasteiger partial charge in [-0.1, -0.05) is 20.8 Å². The fourth-order valence-corrected chi connectivity index (χ4v) is 2.53. The highest BCUT2D eigenvalue weighted by Gasteiger charge is 2.25. The molecule has 1 aliphatic rings. The van der Waals surface area contributed by atoms with Crippen LogP contribution in [-0.2, 0) is 4.74 Å². The molecule has 0 bridgehead atoms. The van der Waals surface area contributed by atoms with Gasteiger partial charge < -0.3 is 19.9 Å². The van der Waals surface area contributed by atoms with Crippen LogP contribution in [0.3, 0.4) is 0 Å². The first-order valence-corrected chi connectivity index (χ1v) is 7.70. The summed E-state index contributed by atoms with van der Waals surface area (Å²) in [6.45, 7) is 11.7. The van der Waals surface area contributed by atoms with Gasteiger partial charge >= 0.3 is 0 Å². The summed E-state index contributed by atoms with van der Waals surface area (Å²) in [7, 11) is 0. The number of morpholine rings is 1. The van der Waals surface area contributed by atoms with Crippen LogP contribution in [0.15, 0.2) is 6.33 Å². The van der Waals surface area contributed by atoms with Crippen LogP contribution in [0.25, 0.3) is 11.2 Å². The monoisotopic (exact) mass is 304 g/mol. The number of ether oxygens (including phenoxy) is 1. The molecule has 0 spiro atoms. The van der Waals surface area contributed by atoms with Gasteiger partial charge in [-0.05, 0) is 12.3 Å². The van der Waals surface area contributed by atoms with Crippen LogP contribution in [0.1, 0.15) is 33.7 Å². The first-order chi connectivity index (χ1) is 10.4. The Bertz CT molecular complexity index is 668. The van der Waals surface area contributed by atoms with E-state index in [9.17, 15) is 0 Å². The molecule has 2 aromatic rings. The zero-order valence-electron chi connectivity index (χ0n) is 13.7. The van der Waals surface area contributed by atoms with Crippen molar-refractivity contribution in [3.05, 3.63) is 6.33 Å². The zero-order valence-corrected chi connectivity index (χ0v) is 13.7. The number of nitrogens with zero attached hydrogens (tertiary/aromatic N) is 5. The van der Waals surface area contributed by atoms with Gasteiger partial charge in [-0.15, -0.1) is 0 Å². The lowest BCUT2D eigenvalue weighted by molar-refractivity contribution is 0.122. The summed E-state index contributed by atoms with van der Waals surface area (Å²) in [6, 6.07) is 0.254. The molecule has 120 valence electrons. The average Bonchev–Trinajstić information content (AvgIpc) is 2.90. The molecule has 2 N–H and O–H groups in total. The molecule has 1 saturated heterocycles. The third-order valence-corrected chi connectivity index (χ3v) is 4.40. The Morgan fingerprint density at radius 1 is 1.23 bits per heavy atom. The Hall–Kier alpha value is -1.89. The highest BCUT2D eigenvalue weighted by Crippen LogP contribution is 2.33. The van der Waals surface area contributed by atoms with Crippen molar-refractivity contribution < 1.29 is 4.74 Å². The molecule has 1 fully saturated rings. The van der Waals surface area contributed by atoms with Gasteiger partial charge in [0, 0.05) is 19.1 Å². The van der Waals surface area contributed by atoms with Gasteiger partial charge in [0.2, 0.25) is 5.95 Å². The number of hydrogen-bond donors (Lipinski definition) is 1. The number of nitrogen functional groups attached to an aromatic ring is 1. The van der Waals surface area contributed by atoms with Gasteiger partial charge in [0.05, 0.1) is 19.5 Å². The van der Waals surface area contributed by atoms with Crippen LogP contribution in [0.4, 0.5) is 11.8 Å². The minimum atomic E-state index is 0.104. The van der Waals surface area contributed by atoms with E-state index in [4.69, 9.17) is 15.5 Å². The van der Waals surface area contributed by atoms with E-state index in [1.807, 2.05) is 6.33 Å². The zero-order chi connectivity index (χ0) is 15.9. The van der Waals surface area contributed by atoms with Crippen molar-refractivity contribution in [2.24, 2.45) is 5.41 Å². The Morgan fingerprint density at radius 3 is 2.55 bits per heavy atom. The first-order valence-electron chi connectivity index (χ1n) is 7.70. The molecular formula is C15H24N6O. The van der Waals surface area contributed by atoms with E-state index in [1.165, 1.54) is 0 Å². The predicted octanol–water partition coefficient (Wildman–Crippen LogP) is 1.85. The highest BCUT2D eigenvalue weighted by molar-refractivity contribution is 5.83. The number of imidazole rings is 1. The van der Waals surface area contributed by atoms with Gasteiger partial charge in [0.15, 0.2) is 11.5 Å². The maximum absolute atomic E-state index is 6.10. The molecule has 3 rings (SSSR count). The molecule has 0 saturated carbocycles. The number of aromatic nitrogens is 4. The van der Waals surface area contributed by atoms with E-state index < -0.39 is 0 Å². The van der Waals surface area contributed by atoms with E-state index in [0.29, 0.717) is 30.5 Å². The van der Waals surface area contributed by atoms with Crippen molar-refractivity contribution in [1.29, 1.82) is 0 Å². The summed E-state index contributed by atoms with van der Waals surface area (Å²) in [5.41, 5.74) is 7.68. The lowest BCUT2D eigenvalue weighted by atomic mass is 9.88. The predicted molar refractivity (Wildman–Crippen MR) is 86.9 cm³/mol. The van der Waals surface area contributed by atoms with Gasteiger partial charge in [0.1, 0.15) is 5.52 Å². The lowest BCUT2D eigenvalue weighted by Crippen LogP contribution is -2.37. The molecule has 3 heterocycles. The van der Waals surface area contributed by atoms with E-state index >= 15 is 0 Å². The van der Waals surface area contributed by atoms with E-state index in [0.717, 1.165) is 18.7 Å². The normalized spacial score (nSPS) is 17.9. The minimum absolute atomic E-state index is 0.104. The van der Waals surface area contributed by atoms with Crippen LogP contribution in [0, 0.1) is 5.41 Å². The van der Waals surface area contributed by atoms with Crippen LogP contribution in [0.2, 0.25) is 0 Å². The quantitative estimate of drug-likeness (QED) is 0.912. The molecular weight excluding hydrogens is 280 g/mol. The van der Waals surface area contributed by atoms with Crippen molar-refractivity contribution in [3.8, 4) is 0 Å². The van der Waals surface area contributed by atoms with E-state index in [2.05, 4.69) is 47.1 Å². The average molecular weight is 304 g/mol. The molecule has 0 aromatic carbocycles. The van der Waals surface area contributed by atoms with E-state index in [1.54, 1.807) is 0 Å². The van der Waals surface area contributed by atoms with Gasteiger partial charge in [-0.3, -0.25) is 0 Å². The number of nitrogens with two attached hydrogens (primary N) is 1. The smallest absolute Gasteiger partial charge is 0.229 e. The standard InChI is InChI=1S/C15H24N6O/c1-10(15(2,3)4)21-9-17-11-12(16)18-14(19-13(11)21)20-5-7-22-8-6-20/h9-10H,5-8H2,1-4H3,(H2,16,18,19)/t10-/m1/s1. The summed E-state index contributed by atoms with van der Waals surface area (Å²) >= 11 is 0. The molecule has 2 aromatic heterocycles. The largest absolute Gasteiger partial charge is 0.382 e. The second-order valence-electron chi connectivity index (χ2n) is 6.87. The van der Waals surface area contributed by atoms with E-state index in [-0.39, 0.29) is 11.5 Å². The lowest BCUT2D eigenvalue weighted by Gasteiger charge is -2.29. The summed E-state index contributed by atoms with van der Waals surface area (Å²) in [5, 5.41) is 0. The molecule has 1 aliphatic heterocycles. The molecule has 7 heteroatoms. The molecule has 0 aliphatic carbocycles. The number of rotatable bonds is 2. The van der Waals surface area contributed by atoms with Crippen molar-refractivity contribution in [2.75, 3.05) is 36.9 Å². The van der Waals surface area contributed by atoms with Crippen LogP contribution < -0.4 is 10.6 Å². The molecule has 22 heavy (non-hydrogen) atoms. The first kappa shape index (κ1) is 15.0. The maximum Gasteiger partial charge on any atom is 0.229 e. The van der Waals surface area contributed by atoms with Crippen molar-refractivity contribution >= 4 is 22.9 Å².